The molecule has 0 saturated carbocycles. The van der Waals surface area contributed by atoms with Crippen molar-refractivity contribution in [2.45, 2.75) is 6.92 Å². The minimum absolute atomic E-state index is 0.557. The lowest BCUT2D eigenvalue weighted by molar-refractivity contribution is 0.902. The highest BCUT2D eigenvalue weighted by atomic mass is 35.5. The molecule has 0 aliphatic heterocycles. The van der Waals surface area contributed by atoms with E-state index in [1.807, 2.05) is 54.9 Å². The van der Waals surface area contributed by atoms with E-state index >= 15 is 0 Å². The molecule has 0 aliphatic carbocycles. The largest absolute Gasteiger partial charge is 0.352 e. The molecule has 3 aromatic rings. The van der Waals surface area contributed by atoms with Crippen molar-refractivity contribution in [1.29, 1.82) is 0 Å². The van der Waals surface area contributed by atoms with Crippen LogP contribution in [-0.2, 0) is 7.05 Å². The van der Waals surface area contributed by atoms with Crippen LogP contribution in [0, 0.1) is 11.7 Å². The number of benzene rings is 2. The fourth-order valence-corrected chi connectivity index (χ4v) is 2.88. The third kappa shape index (κ3) is 3.00. The Morgan fingerprint density at radius 3 is 2.61 bits per heavy atom. The molecule has 0 bridgehead atoms. The predicted molar refractivity (Wildman–Crippen MR) is 98.3 cm³/mol. The van der Waals surface area contributed by atoms with Gasteiger partial charge >= 0.3 is 0 Å². The van der Waals surface area contributed by atoms with Gasteiger partial charge in [-0.15, -0.1) is 0 Å². The molecule has 1 heterocycles. The molecule has 0 amide bonds. The highest BCUT2D eigenvalue weighted by Crippen LogP contribution is 2.37. The van der Waals surface area contributed by atoms with Crippen molar-refractivity contribution in [1.82, 2.24) is 14.8 Å². The van der Waals surface area contributed by atoms with E-state index in [4.69, 9.17) is 35.4 Å². The van der Waals surface area contributed by atoms with E-state index < -0.39 is 0 Å². The van der Waals surface area contributed by atoms with Crippen LogP contribution >= 0.6 is 35.4 Å². The number of nitrogens with zero attached hydrogens (tertiary/aromatic N) is 2. The van der Waals surface area contributed by atoms with E-state index in [9.17, 15) is 0 Å². The zero-order valence-electron chi connectivity index (χ0n) is 12.5. The Bertz CT molecular complexity index is 930. The van der Waals surface area contributed by atoms with Gasteiger partial charge in [-0.05, 0) is 42.9 Å². The topological polar surface area (TPSA) is 45.6 Å². The molecular formula is C16H14Cl2N4S. The van der Waals surface area contributed by atoms with Crippen LogP contribution in [0.3, 0.4) is 0 Å². The summed E-state index contributed by atoms with van der Waals surface area (Å²) in [5, 5.41) is 11.6. The standard InChI is InChI=1S/C16H14Cl2N4S/c1-9-7-8-11(17)14(13(9)18)19-12-6-4-3-5-10(12)15-20-21-16(23)22(15)2/h3-8,19H,1-2H3,(H,21,23). The van der Waals surface area contributed by atoms with Crippen LogP contribution < -0.4 is 5.32 Å². The van der Waals surface area contributed by atoms with E-state index in [1.54, 1.807) is 0 Å². The lowest BCUT2D eigenvalue weighted by Gasteiger charge is -2.15. The van der Waals surface area contributed by atoms with Gasteiger partial charge in [-0.3, -0.25) is 5.10 Å². The number of aromatic amines is 1. The summed E-state index contributed by atoms with van der Waals surface area (Å²) in [7, 11) is 1.87. The second-order valence-electron chi connectivity index (χ2n) is 5.14. The maximum absolute atomic E-state index is 6.39. The summed E-state index contributed by atoms with van der Waals surface area (Å²) in [6.45, 7) is 1.94. The Kier molecular flexibility index (Phi) is 4.43. The zero-order valence-corrected chi connectivity index (χ0v) is 14.9. The van der Waals surface area contributed by atoms with E-state index in [0.717, 1.165) is 22.6 Å². The summed E-state index contributed by atoms with van der Waals surface area (Å²) in [5.74, 6) is 0.734. The number of aryl methyl sites for hydroxylation is 1. The molecule has 2 N–H and O–H groups in total. The van der Waals surface area contributed by atoms with Crippen molar-refractivity contribution in [2.24, 2.45) is 7.05 Å². The smallest absolute Gasteiger partial charge is 0.195 e. The highest BCUT2D eigenvalue weighted by molar-refractivity contribution is 7.71. The molecule has 1 aromatic heterocycles. The molecule has 0 unspecified atom stereocenters. The maximum Gasteiger partial charge on any atom is 0.195 e. The molecule has 118 valence electrons. The van der Waals surface area contributed by atoms with Gasteiger partial charge in [-0.2, -0.15) is 5.10 Å². The summed E-state index contributed by atoms with van der Waals surface area (Å²) >= 11 is 17.9. The minimum atomic E-state index is 0.557. The van der Waals surface area contributed by atoms with Crippen LogP contribution in [0.5, 0.6) is 0 Å². The van der Waals surface area contributed by atoms with Crippen molar-refractivity contribution in [3.8, 4) is 11.4 Å². The molecule has 2 aromatic carbocycles. The highest BCUT2D eigenvalue weighted by Gasteiger charge is 2.14. The summed E-state index contributed by atoms with van der Waals surface area (Å²) in [6, 6.07) is 11.5. The summed E-state index contributed by atoms with van der Waals surface area (Å²) in [4.78, 5) is 0. The van der Waals surface area contributed by atoms with E-state index in [2.05, 4.69) is 15.5 Å². The second-order valence-corrected chi connectivity index (χ2v) is 6.31. The molecular weight excluding hydrogens is 351 g/mol. The normalized spacial score (nSPS) is 10.8. The van der Waals surface area contributed by atoms with Crippen LogP contribution in [0.4, 0.5) is 11.4 Å². The van der Waals surface area contributed by atoms with Gasteiger partial charge in [0.1, 0.15) is 0 Å². The van der Waals surface area contributed by atoms with E-state index in [0.29, 0.717) is 20.5 Å². The number of anilines is 2. The Morgan fingerprint density at radius 2 is 1.91 bits per heavy atom. The lowest BCUT2D eigenvalue weighted by Crippen LogP contribution is -1.99. The maximum atomic E-state index is 6.39. The van der Waals surface area contributed by atoms with Crippen molar-refractivity contribution in [2.75, 3.05) is 5.32 Å². The summed E-state index contributed by atoms with van der Waals surface area (Å²) in [6.07, 6.45) is 0. The summed E-state index contributed by atoms with van der Waals surface area (Å²) in [5.41, 5.74) is 3.38. The number of halogens is 2. The first kappa shape index (κ1) is 16.1. The Morgan fingerprint density at radius 1 is 1.17 bits per heavy atom. The number of aromatic nitrogens is 3. The Balaban J connectivity index is 2.11. The van der Waals surface area contributed by atoms with Crippen molar-refractivity contribution in [3.63, 3.8) is 0 Å². The molecule has 4 nitrogen and oxygen atoms in total. The Hall–Kier alpha value is -1.82. The van der Waals surface area contributed by atoms with Crippen molar-refractivity contribution < 1.29 is 0 Å². The Labute approximate surface area is 149 Å². The number of nitrogens with one attached hydrogen (secondary N) is 2. The molecule has 0 spiro atoms. The molecule has 0 fully saturated rings. The summed E-state index contributed by atoms with van der Waals surface area (Å²) < 4.78 is 2.37. The number of hydrogen-bond donors (Lipinski definition) is 2. The van der Waals surface area contributed by atoms with Gasteiger partial charge in [0, 0.05) is 18.3 Å². The first-order valence-electron chi connectivity index (χ1n) is 6.91. The molecule has 0 aliphatic rings. The van der Waals surface area contributed by atoms with Crippen LogP contribution in [0.1, 0.15) is 5.56 Å². The second kappa shape index (κ2) is 6.35. The molecule has 0 saturated heterocycles. The van der Waals surface area contributed by atoms with Crippen molar-refractivity contribution >= 4 is 46.8 Å². The molecule has 23 heavy (non-hydrogen) atoms. The fraction of sp³-hybridized carbons (Fsp3) is 0.125. The van der Waals surface area contributed by atoms with Gasteiger partial charge in [0.2, 0.25) is 0 Å². The third-order valence-corrected chi connectivity index (χ3v) is 4.76. The number of para-hydroxylation sites is 1. The van der Waals surface area contributed by atoms with Crippen LogP contribution in [-0.4, -0.2) is 14.8 Å². The SMILES string of the molecule is Cc1ccc(Cl)c(Nc2ccccc2-c2n[nH]c(=S)n2C)c1Cl. The predicted octanol–water partition coefficient (Wildman–Crippen LogP) is 5.50. The quantitative estimate of drug-likeness (QED) is 0.602. The fourth-order valence-electron chi connectivity index (χ4n) is 2.28. The zero-order chi connectivity index (χ0) is 16.6. The number of rotatable bonds is 3. The molecule has 0 atom stereocenters. The van der Waals surface area contributed by atoms with Gasteiger partial charge in [0.05, 0.1) is 15.7 Å². The van der Waals surface area contributed by atoms with Gasteiger partial charge in [-0.25, -0.2) is 0 Å². The van der Waals surface area contributed by atoms with E-state index in [-0.39, 0.29) is 0 Å². The lowest BCUT2D eigenvalue weighted by atomic mass is 10.1. The van der Waals surface area contributed by atoms with Crippen LogP contribution in [0.2, 0.25) is 10.0 Å². The number of hydrogen-bond acceptors (Lipinski definition) is 3. The van der Waals surface area contributed by atoms with Gasteiger partial charge in [0.25, 0.3) is 0 Å². The van der Waals surface area contributed by atoms with Crippen molar-refractivity contribution in [3.05, 3.63) is 56.8 Å². The first-order valence-corrected chi connectivity index (χ1v) is 8.08. The van der Waals surface area contributed by atoms with Gasteiger partial charge in [0.15, 0.2) is 10.6 Å². The number of H-pyrrole nitrogens is 1. The molecule has 7 heteroatoms. The van der Waals surface area contributed by atoms with E-state index in [1.165, 1.54) is 0 Å². The van der Waals surface area contributed by atoms with Gasteiger partial charge in [-0.1, -0.05) is 41.4 Å². The molecule has 0 radical (unpaired) electrons. The average molecular weight is 365 g/mol. The van der Waals surface area contributed by atoms with Crippen LogP contribution in [0.25, 0.3) is 11.4 Å². The third-order valence-electron chi connectivity index (χ3n) is 3.59. The molecule has 3 rings (SSSR count). The van der Waals surface area contributed by atoms with Crippen LogP contribution in [0.15, 0.2) is 36.4 Å². The monoisotopic (exact) mass is 364 g/mol. The minimum Gasteiger partial charge on any atom is -0.352 e. The van der Waals surface area contributed by atoms with Gasteiger partial charge < -0.3 is 9.88 Å². The average Bonchev–Trinajstić information content (AvgIpc) is 2.88. The first-order chi connectivity index (χ1) is 11.0.